The van der Waals surface area contributed by atoms with Crippen molar-refractivity contribution in [2.45, 2.75) is 0 Å². The molecule has 2 aromatic rings. The fraction of sp³-hybridized carbons (Fsp3) is 0. The molecule has 0 saturated heterocycles. The predicted octanol–water partition coefficient (Wildman–Crippen LogP) is 2.39. The van der Waals surface area contributed by atoms with Gasteiger partial charge in [-0.3, -0.25) is 15.4 Å². The number of nitrogens with two attached hydrogens (primary N) is 1. The van der Waals surface area contributed by atoms with Crippen LogP contribution in [0.4, 0.5) is 21.3 Å². The van der Waals surface area contributed by atoms with Crippen LogP contribution in [0.25, 0.3) is 11.3 Å². The number of nitro groups is 1. The number of carbonyl (C=O) groups is 1. The fourth-order valence-corrected chi connectivity index (χ4v) is 2.14. The molecule has 0 aliphatic carbocycles. The van der Waals surface area contributed by atoms with Crippen molar-refractivity contribution in [3.63, 3.8) is 0 Å². The molecule has 1 aromatic heterocycles. The summed E-state index contributed by atoms with van der Waals surface area (Å²) in [5.41, 5.74) is 6.50. The van der Waals surface area contributed by atoms with Crippen molar-refractivity contribution < 1.29 is 14.8 Å². The SMILES string of the molecule is Nc1cc(-c2csc(NC(=O)O)n2)ccc1[N+](=O)[O-]. The second kappa shape index (κ2) is 4.90. The third-order valence-electron chi connectivity index (χ3n) is 2.24. The van der Waals surface area contributed by atoms with E-state index in [9.17, 15) is 14.9 Å². The molecule has 0 aliphatic heterocycles. The Labute approximate surface area is 110 Å². The predicted molar refractivity (Wildman–Crippen MR) is 70.3 cm³/mol. The maximum absolute atomic E-state index is 10.6. The molecule has 1 amide bonds. The summed E-state index contributed by atoms with van der Waals surface area (Å²) in [5, 5.41) is 23.2. The maximum Gasteiger partial charge on any atom is 0.410 e. The number of benzene rings is 1. The monoisotopic (exact) mass is 280 g/mol. The van der Waals surface area contributed by atoms with Gasteiger partial charge in [0.2, 0.25) is 0 Å². The van der Waals surface area contributed by atoms with Crippen molar-refractivity contribution in [1.29, 1.82) is 0 Å². The second-order valence-electron chi connectivity index (χ2n) is 3.50. The largest absolute Gasteiger partial charge is 0.465 e. The molecule has 2 rings (SSSR count). The van der Waals surface area contributed by atoms with Gasteiger partial charge < -0.3 is 10.8 Å². The van der Waals surface area contributed by atoms with E-state index in [0.717, 1.165) is 11.3 Å². The molecule has 0 bridgehead atoms. The van der Waals surface area contributed by atoms with Gasteiger partial charge in [-0.2, -0.15) is 0 Å². The van der Waals surface area contributed by atoms with Gasteiger partial charge in [-0.05, 0) is 12.1 Å². The number of anilines is 2. The molecule has 1 heterocycles. The van der Waals surface area contributed by atoms with Crippen LogP contribution in [-0.2, 0) is 0 Å². The van der Waals surface area contributed by atoms with E-state index in [1.54, 1.807) is 5.38 Å². The average molecular weight is 280 g/mol. The lowest BCUT2D eigenvalue weighted by molar-refractivity contribution is -0.383. The van der Waals surface area contributed by atoms with Crippen molar-refractivity contribution in [2.75, 3.05) is 11.1 Å². The van der Waals surface area contributed by atoms with E-state index < -0.39 is 11.0 Å². The number of hydrogen-bond acceptors (Lipinski definition) is 6. The number of amides is 1. The Hall–Kier alpha value is -2.68. The van der Waals surface area contributed by atoms with Crippen LogP contribution in [0.3, 0.4) is 0 Å². The van der Waals surface area contributed by atoms with Crippen LogP contribution in [0.15, 0.2) is 23.6 Å². The lowest BCUT2D eigenvalue weighted by Crippen LogP contribution is -2.06. The molecule has 0 fully saturated rings. The highest BCUT2D eigenvalue weighted by atomic mass is 32.1. The zero-order chi connectivity index (χ0) is 14.0. The van der Waals surface area contributed by atoms with Gasteiger partial charge >= 0.3 is 6.09 Å². The third-order valence-corrected chi connectivity index (χ3v) is 3.00. The van der Waals surface area contributed by atoms with Crippen LogP contribution in [0, 0.1) is 10.1 Å². The van der Waals surface area contributed by atoms with Crippen LogP contribution >= 0.6 is 11.3 Å². The quantitative estimate of drug-likeness (QED) is 0.449. The molecule has 98 valence electrons. The minimum Gasteiger partial charge on any atom is -0.465 e. The number of thiazole rings is 1. The Balaban J connectivity index is 2.32. The smallest absolute Gasteiger partial charge is 0.410 e. The minimum atomic E-state index is -1.20. The average Bonchev–Trinajstić information content (AvgIpc) is 2.75. The first-order chi connectivity index (χ1) is 8.97. The van der Waals surface area contributed by atoms with E-state index >= 15 is 0 Å². The number of hydrogen-bond donors (Lipinski definition) is 3. The summed E-state index contributed by atoms with van der Waals surface area (Å²) < 4.78 is 0. The fourth-order valence-electron chi connectivity index (χ4n) is 1.44. The number of nitrogens with one attached hydrogen (secondary N) is 1. The summed E-state index contributed by atoms with van der Waals surface area (Å²) in [6, 6.07) is 4.22. The van der Waals surface area contributed by atoms with E-state index in [-0.39, 0.29) is 16.5 Å². The highest BCUT2D eigenvalue weighted by molar-refractivity contribution is 7.14. The van der Waals surface area contributed by atoms with Gasteiger partial charge in [0.15, 0.2) is 5.13 Å². The van der Waals surface area contributed by atoms with E-state index in [4.69, 9.17) is 10.8 Å². The standard InChI is InChI=1S/C10H8N4O4S/c11-6-3-5(1-2-8(6)14(17)18)7-4-19-9(12-7)13-10(15)16/h1-4H,11H2,(H,12,13)(H,15,16). The Morgan fingerprint density at radius 2 is 2.26 bits per heavy atom. The van der Waals surface area contributed by atoms with Gasteiger partial charge in [0.05, 0.1) is 10.6 Å². The summed E-state index contributed by atoms with van der Waals surface area (Å²) in [5.74, 6) is 0. The molecular weight excluding hydrogens is 272 g/mol. The second-order valence-corrected chi connectivity index (χ2v) is 4.36. The number of carboxylic acid groups (broad SMARTS) is 1. The van der Waals surface area contributed by atoms with Gasteiger partial charge in [-0.15, -0.1) is 11.3 Å². The van der Waals surface area contributed by atoms with Crippen LogP contribution in [0.2, 0.25) is 0 Å². The van der Waals surface area contributed by atoms with Gasteiger partial charge in [-0.25, -0.2) is 9.78 Å². The van der Waals surface area contributed by atoms with Crippen molar-refractivity contribution in [1.82, 2.24) is 4.98 Å². The number of nitro benzene ring substituents is 1. The first-order valence-corrected chi connectivity index (χ1v) is 5.85. The van der Waals surface area contributed by atoms with E-state index in [1.165, 1.54) is 18.2 Å². The first-order valence-electron chi connectivity index (χ1n) is 4.97. The lowest BCUT2D eigenvalue weighted by atomic mass is 10.1. The summed E-state index contributed by atoms with van der Waals surface area (Å²) >= 11 is 1.11. The third kappa shape index (κ3) is 2.77. The molecule has 0 atom stereocenters. The zero-order valence-electron chi connectivity index (χ0n) is 9.36. The van der Waals surface area contributed by atoms with Crippen molar-refractivity contribution in [3.05, 3.63) is 33.7 Å². The topological polar surface area (TPSA) is 131 Å². The molecular formula is C10H8N4O4S. The van der Waals surface area contributed by atoms with Gasteiger partial charge in [0.25, 0.3) is 5.69 Å². The highest BCUT2D eigenvalue weighted by Crippen LogP contribution is 2.30. The van der Waals surface area contributed by atoms with Crippen LogP contribution in [0.5, 0.6) is 0 Å². The van der Waals surface area contributed by atoms with Crippen molar-refractivity contribution >= 4 is 33.9 Å². The molecule has 9 heteroatoms. The molecule has 0 radical (unpaired) electrons. The first kappa shape index (κ1) is 12.8. The summed E-state index contributed by atoms with van der Waals surface area (Å²) in [6.45, 7) is 0. The normalized spacial score (nSPS) is 10.1. The van der Waals surface area contributed by atoms with Crippen molar-refractivity contribution in [3.8, 4) is 11.3 Å². The Morgan fingerprint density at radius 1 is 1.53 bits per heavy atom. The molecule has 19 heavy (non-hydrogen) atoms. The minimum absolute atomic E-state index is 0.0308. The summed E-state index contributed by atoms with van der Waals surface area (Å²) in [6.07, 6.45) is -1.20. The molecule has 0 saturated carbocycles. The lowest BCUT2D eigenvalue weighted by Gasteiger charge is -2.00. The Bertz CT molecular complexity index is 655. The molecule has 0 unspecified atom stereocenters. The highest BCUT2D eigenvalue weighted by Gasteiger charge is 2.13. The van der Waals surface area contributed by atoms with E-state index in [0.29, 0.717) is 11.3 Å². The molecule has 0 spiro atoms. The summed E-state index contributed by atoms with van der Waals surface area (Å²) in [4.78, 5) is 24.5. The zero-order valence-corrected chi connectivity index (χ0v) is 10.2. The van der Waals surface area contributed by atoms with Crippen LogP contribution < -0.4 is 11.1 Å². The van der Waals surface area contributed by atoms with Gasteiger partial charge in [0.1, 0.15) is 5.69 Å². The Morgan fingerprint density at radius 3 is 2.84 bits per heavy atom. The number of rotatable bonds is 3. The molecule has 8 nitrogen and oxygen atoms in total. The van der Waals surface area contributed by atoms with E-state index in [1.807, 2.05) is 0 Å². The molecule has 0 aliphatic rings. The van der Waals surface area contributed by atoms with Crippen LogP contribution in [-0.4, -0.2) is 21.1 Å². The number of nitrogen functional groups attached to an aromatic ring is 1. The Kier molecular flexibility index (Phi) is 3.29. The van der Waals surface area contributed by atoms with Crippen molar-refractivity contribution in [2.24, 2.45) is 0 Å². The number of nitrogens with zero attached hydrogens (tertiary/aromatic N) is 2. The maximum atomic E-state index is 10.6. The molecule has 4 N–H and O–H groups in total. The van der Waals surface area contributed by atoms with Gasteiger partial charge in [-0.1, -0.05) is 0 Å². The summed E-state index contributed by atoms with van der Waals surface area (Å²) in [7, 11) is 0. The van der Waals surface area contributed by atoms with E-state index in [2.05, 4.69) is 10.3 Å². The molecule has 1 aromatic carbocycles. The van der Waals surface area contributed by atoms with Crippen LogP contribution in [0.1, 0.15) is 0 Å². The number of aromatic nitrogens is 1. The van der Waals surface area contributed by atoms with Gasteiger partial charge in [0, 0.05) is 17.0 Å².